The van der Waals surface area contributed by atoms with Crippen LogP contribution in [0.5, 0.6) is 0 Å². The number of para-hydroxylation sites is 1. The smallest absolute Gasteiger partial charge is 0.256 e. The Hall–Kier alpha value is -2.28. The van der Waals surface area contributed by atoms with Crippen LogP contribution < -0.4 is 0 Å². The minimum absolute atomic E-state index is 0.0869. The first-order valence-corrected chi connectivity index (χ1v) is 8.59. The van der Waals surface area contributed by atoms with Gasteiger partial charge in [0, 0.05) is 18.6 Å². The minimum Gasteiger partial charge on any atom is -0.334 e. The standard InChI is InChI=1S/C17H22N6O/c1-21-10-4-8-15(21)16-9-5-11-22(16)17(24)13-6-2-3-7-14(13)23-12-18-19-20-23/h2-3,6-7,12,15-16H,4-5,8-11H2,1H3/t15-,16+/m1/s1. The second-order valence-electron chi connectivity index (χ2n) is 6.67. The number of hydrogen-bond acceptors (Lipinski definition) is 5. The van der Waals surface area contributed by atoms with E-state index in [2.05, 4.69) is 32.4 Å². The molecule has 1 aromatic heterocycles. The molecule has 2 aliphatic rings. The number of aromatic nitrogens is 4. The molecule has 1 amide bonds. The van der Waals surface area contributed by atoms with Crippen LogP contribution in [0.25, 0.3) is 5.69 Å². The highest BCUT2D eigenvalue weighted by atomic mass is 16.2. The molecule has 3 heterocycles. The molecule has 7 heteroatoms. The Bertz CT molecular complexity index is 716. The molecule has 0 saturated carbocycles. The van der Waals surface area contributed by atoms with Crippen molar-refractivity contribution < 1.29 is 4.79 Å². The second kappa shape index (κ2) is 6.32. The number of nitrogens with zero attached hydrogens (tertiary/aromatic N) is 6. The molecule has 126 valence electrons. The molecule has 24 heavy (non-hydrogen) atoms. The van der Waals surface area contributed by atoms with Gasteiger partial charge in [0.15, 0.2) is 0 Å². The number of carbonyl (C=O) groups excluding carboxylic acids is 1. The first kappa shape index (κ1) is 15.3. The fraction of sp³-hybridized carbons (Fsp3) is 0.529. The summed E-state index contributed by atoms with van der Waals surface area (Å²) in [5.74, 6) is 0.0869. The van der Waals surface area contributed by atoms with Gasteiger partial charge < -0.3 is 9.80 Å². The summed E-state index contributed by atoms with van der Waals surface area (Å²) in [6, 6.07) is 8.35. The highest BCUT2D eigenvalue weighted by molar-refractivity contribution is 5.98. The number of amides is 1. The molecule has 2 fully saturated rings. The first-order valence-electron chi connectivity index (χ1n) is 8.59. The van der Waals surface area contributed by atoms with Gasteiger partial charge in [-0.1, -0.05) is 12.1 Å². The maximum absolute atomic E-state index is 13.3. The molecule has 1 aromatic carbocycles. The normalized spacial score (nSPS) is 24.6. The van der Waals surface area contributed by atoms with Gasteiger partial charge >= 0.3 is 0 Å². The highest BCUT2D eigenvalue weighted by Crippen LogP contribution is 2.30. The summed E-state index contributed by atoms with van der Waals surface area (Å²) in [6.45, 7) is 1.96. The van der Waals surface area contributed by atoms with E-state index in [1.54, 1.807) is 4.68 Å². The number of likely N-dealkylation sites (N-methyl/N-ethyl adjacent to an activating group) is 1. The Kier molecular flexibility index (Phi) is 4.02. The lowest BCUT2D eigenvalue weighted by Gasteiger charge is -2.33. The van der Waals surface area contributed by atoms with Crippen molar-refractivity contribution in [2.24, 2.45) is 0 Å². The summed E-state index contributed by atoms with van der Waals surface area (Å²) in [6.07, 6.45) is 6.10. The average molecular weight is 326 g/mol. The molecule has 0 bridgehead atoms. The zero-order valence-corrected chi connectivity index (χ0v) is 13.9. The molecule has 0 radical (unpaired) electrons. The number of hydrogen-bond donors (Lipinski definition) is 0. The van der Waals surface area contributed by atoms with Crippen molar-refractivity contribution in [3.05, 3.63) is 36.2 Å². The predicted molar refractivity (Wildman–Crippen MR) is 88.9 cm³/mol. The van der Waals surface area contributed by atoms with E-state index in [0.717, 1.165) is 31.6 Å². The zero-order valence-electron chi connectivity index (χ0n) is 13.9. The number of rotatable bonds is 3. The lowest BCUT2D eigenvalue weighted by atomic mass is 10.0. The fourth-order valence-corrected chi connectivity index (χ4v) is 4.15. The molecule has 4 rings (SSSR count). The van der Waals surface area contributed by atoms with Crippen LogP contribution >= 0.6 is 0 Å². The van der Waals surface area contributed by atoms with Gasteiger partial charge in [0.1, 0.15) is 6.33 Å². The van der Waals surface area contributed by atoms with Crippen molar-refractivity contribution in [2.75, 3.05) is 20.1 Å². The van der Waals surface area contributed by atoms with Gasteiger partial charge in [0.2, 0.25) is 0 Å². The molecule has 2 atom stereocenters. The molecule has 0 N–H and O–H groups in total. The summed E-state index contributed by atoms with van der Waals surface area (Å²) in [5, 5.41) is 11.3. The summed E-state index contributed by atoms with van der Waals surface area (Å²) in [7, 11) is 2.17. The van der Waals surface area contributed by atoms with E-state index >= 15 is 0 Å². The highest BCUT2D eigenvalue weighted by Gasteiger charge is 2.39. The number of benzene rings is 1. The van der Waals surface area contributed by atoms with Crippen LogP contribution in [0.4, 0.5) is 0 Å². The monoisotopic (exact) mass is 326 g/mol. The van der Waals surface area contributed by atoms with Crippen molar-refractivity contribution >= 4 is 5.91 Å². The molecule has 2 saturated heterocycles. The summed E-state index contributed by atoms with van der Waals surface area (Å²) < 4.78 is 1.56. The van der Waals surface area contributed by atoms with E-state index in [9.17, 15) is 4.79 Å². The Morgan fingerprint density at radius 2 is 1.92 bits per heavy atom. The van der Waals surface area contributed by atoms with Gasteiger partial charge in [-0.25, -0.2) is 0 Å². The van der Waals surface area contributed by atoms with E-state index in [1.165, 1.54) is 19.2 Å². The van der Waals surface area contributed by atoms with Crippen molar-refractivity contribution in [3.63, 3.8) is 0 Å². The Labute approximate surface area is 141 Å². The molecule has 2 aromatic rings. The van der Waals surface area contributed by atoms with Gasteiger partial charge in [-0.05, 0) is 61.8 Å². The summed E-state index contributed by atoms with van der Waals surface area (Å²) in [4.78, 5) is 17.7. The molecular formula is C17H22N6O. The topological polar surface area (TPSA) is 67.2 Å². The molecule has 0 unspecified atom stereocenters. The third-order valence-electron chi connectivity index (χ3n) is 5.31. The third-order valence-corrected chi connectivity index (χ3v) is 5.31. The molecule has 7 nitrogen and oxygen atoms in total. The molecular weight excluding hydrogens is 304 g/mol. The summed E-state index contributed by atoms with van der Waals surface area (Å²) >= 11 is 0. The SMILES string of the molecule is CN1CCC[C@@H]1[C@@H]1CCCN1C(=O)c1ccccc1-n1cnnn1. The fourth-order valence-electron chi connectivity index (χ4n) is 4.15. The van der Waals surface area contributed by atoms with E-state index in [1.807, 2.05) is 24.3 Å². The summed E-state index contributed by atoms with van der Waals surface area (Å²) in [5.41, 5.74) is 1.40. The van der Waals surface area contributed by atoms with E-state index < -0.39 is 0 Å². The maximum atomic E-state index is 13.3. The second-order valence-corrected chi connectivity index (χ2v) is 6.67. The van der Waals surface area contributed by atoms with Crippen molar-refractivity contribution in [3.8, 4) is 5.69 Å². The van der Waals surface area contributed by atoms with E-state index in [0.29, 0.717) is 17.6 Å². The van der Waals surface area contributed by atoms with Crippen molar-refractivity contribution in [1.29, 1.82) is 0 Å². The lowest BCUT2D eigenvalue weighted by Crippen LogP contribution is -2.47. The number of carbonyl (C=O) groups is 1. The van der Waals surface area contributed by atoms with Gasteiger partial charge in [-0.3, -0.25) is 4.79 Å². The van der Waals surface area contributed by atoms with E-state index in [-0.39, 0.29) is 5.91 Å². The van der Waals surface area contributed by atoms with Crippen LogP contribution in [0.2, 0.25) is 0 Å². The van der Waals surface area contributed by atoms with Crippen LogP contribution in [0.1, 0.15) is 36.0 Å². The molecule has 2 aliphatic heterocycles. The third kappa shape index (κ3) is 2.58. The Morgan fingerprint density at radius 3 is 2.67 bits per heavy atom. The minimum atomic E-state index is 0.0869. The van der Waals surface area contributed by atoms with E-state index in [4.69, 9.17) is 0 Å². The van der Waals surface area contributed by atoms with Crippen LogP contribution in [0.15, 0.2) is 30.6 Å². The number of tetrazole rings is 1. The van der Waals surface area contributed by atoms with Gasteiger partial charge in [-0.2, -0.15) is 4.68 Å². The Morgan fingerprint density at radius 1 is 1.12 bits per heavy atom. The van der Waals surface area contributed by atoms with Crippen LogP contribution in [0, 0.1) is 0 Å². The molecule has 0 spiro atoms. The predicted octanol–water partition coefficient (Wildman–Crippen LogP) is 1.36. The van der Waals surface area contributed by atoms with Crippen LogP contribution in [0.3, 0.4) is 0 Å². The first-order chi connectivity index (χ1) is 11.8. The zero-order chi connectivity index (χ0) is 16.5. The van der Waals surface area contributed by atoms with Crippen LogP contribution in [-0.2, 0) is 0 Å². The van der Waals surface area contributed by atoms with Gasteiger partial charge in [0.25, 0.3) is 5.91 Å². The van der Waals surface area contributed by atoms with Crippen molar-refractivity contribution in [1.82, 2.24) is 30.0 Å². The van der Waals surface area contributed by atoms with Gasteiger partial charge in [-0.15, -0.1) is 5.10 Å². The van der Waals surface area contributed by atoms with Crippen molar-refractivity contribution in [2.45, 2.75) is 37.8 Å². The maximum Gasteiger partial charge on any atom is 0.256 e. The largest absolute Gasteiger partial charge is 0.334 e. The lowest BCUT2D eigenvalue weighted by molar-refractivity contribution is 0.0664. The Balaban J connectivity index is 1.64. The van der Waals surface area contributed by atoms with Crippen LogP contribution in [-0.4, -0.2) is 68.1 Å². The number of likely N-dealkylation sites (tertiary alicyclic amines) is 2. The average Bonchev–Trinajstić information content (AvgIpc) is 3.35. The quantitative estimate of drug-likeness (QED) is 0.852. The molecule has 0 aliphatic carbocycles. The van der Waals surface area contributed by atoms with Gasteiger partial charge in [0.05, 0.1) is 11.3 Å².